The van der Waals surface area contributed by atoms with Gasteiger partial charge in [-0.3, -0.25) is 0 Å². The van der Waals surface area contributed by atoms with E-state index in [0.717, 1.165) is 0 Å². The smallest absolute Gasteiger partial charge is 0.142 e. The topological polar surface area (TPSA) is 40.5 Å². The molecule has 1 aromatic heterocycles. The maximum atomic E-state index is 4.40. The van der Waals surface area contributed by atoms with Crippen molar-refractivity contribution in [3.8, 4) is 0 Å². The molecule has 0 atom stereocenters. The molecule has 1 aromatic rings. The van der Waals surface area contributed by atoms with Crippen LogP contribution in [0.4, 0.5) is 11.6 Å². The zero-order chi connectivity index (χ0) is 8.10. The van der Waals surface area contributed by atoms with Gasteiger partial charge in [0.05, 0.1) is 10.3 Å². The second kappa shape index (κ2) is 3.91. The lowest BCUT2D eigenvalue weighted by atomic mass is 10.6. The minimum Gasteiger partial charge on any atom is -0.324 e. The summed E-state index contributed by atoms with van der Waals surface area (Å²) in [6, 6.07) is 3.45. The van der Waals surface area contributed by atoms with Crippen LogP contribution >= 0.6 is 24.4 Å². The van der Waals surface area contributed by atoms with E-state index in [2.05, 4.69) is 49.7 Å². The number of thiocarbonyl (C=S) groups is 2. The summed E-state index contributed by atoms with van der Waals surface area (Å²) in [5.41, 5.74) is 0. The Morgan fingerprint density at radius 2 is 1.55 bits per heavy atom. The van der Waals surface area contributed by atoms with Crippen LogP contribution < -0.4 is 0 Å². The van der Waals surface area contributed by atoms with Crippen LogP contribution in [0.15, 0.2) is 22.1 Å². The summed E-state index contributed by atoms with van der Waals surface area (Å²) >= 11 is 8.81. The highest BCUT2D eigenvalue weighted by atomic mass is 32.1. The van der Waals surface area contributed by atoms with Gasteiger partial charge in [-0.05, 0) is 36.6 Å². The summed E-state index contributed by atoms with van der Waals surface area (Å²) < 4.78 is 0. The van der Waals surface area contributed by atoms with Gasteiger partial charge in [0.1, 0.15) is 11.6 Å². The molecule has 0 aliphatic rings. The number of hydrogen-bond donors (Lipinski definition) is 1. The Labute approximate surface area is 73.9 Å². The Balaban J connectivity index is 2.98. The van der Waals surface area contributed by atoms with E-state index in [9.17, 15) is 0 Å². The van der Waals surface area contributed by atoms with E-state index in [1.807, 2.05) is 0 Å². The molecular formula is C6H3N3S2. The van der Waals surface area contributed by atoms with Crippen molar-refractivity contribution in [3.63, 3.8) is 0 Å². The molecule has 11 heavy (non-hydrogen) atoms. The molecule has 0 radical (unpaired) electrons. The molecule has 1 heterocycles. The van der Waals surface area contributed by atoms with Gasteiger partial charge in [-0.2, -0.15) is 9.98 Å². The van der Waals surface area contributed by atoms with Crippen LogP contribution in [0.5, 0.6) is 0 Å². The van der Waals surface area contributed by atoms with E-state index in [4.69, 9.17) is 0 Å². The number of aromatic nitrogens is 1. The van der Waals surface area contributed by atoms with Crippen LogP contribution in [0.1, 0.15) is 0 Å². The lowest BCUT2D eigenvalue weighted by Gasteiger charge is -1.79. The predicted molar refractivity (Wildman–Crippen MR) is 50.2 cm³/mol. The fraction of sp³-hybridized carbons (Fsp3) is 0. The number of nitrogens with zero attached hydrogens (tertiary/aromatic N) is 2. The van der Waals surface area contributed by atoms with Crippen molar-refractivity contribution in [1.29, 1.82) is 0 Å². The second-order valence-electron chi connectivity index (χ2n) is 1.63. The molecule has 0 saturated carbocycles. The summed E-state index contributed by atoms with van der Waals surface area (Å²) in [5.74, 6) is 1.23. The summed E-state index contributed by atoms with van der Waals surface area (Å²) in [5, 5.41) is 4.46. The summed E-state index contributed by atoms with van der Waals surface area (Å²) in [4.78, 5) is 10.2. The van der Waals surface area contributed by atoms with Gasteiger partial charge >= 0.3 is 0 Å². The molecule has 0 amide bonds. The molecule has 0 aliphatic carbocycles. The van der Waals surface area contributed by atoms with E-state index in [1.165, 1.54) is 0 Å². The largest absolute Gasteiger partial charge is 0.324 e. The summed E-state index contributed by atoms with van der Waals surface area (Å²) in [7, 11) is 0. The van der Waals surface area contributed by atoms with Crippen LogP contribution in [-0.2, 0) is 0 Å². The van der Waals surface area contributed by atoms with E-state index < -0.39 is 0 Å². The third-order valence-corrected chi connectivity index (χ3v) is 1.17. The van der Waals surface area contributed by atoms with Gasteiger partial charge in [-0.25, -0.2) is 0 Å². The Bertz CT molecular complexity index is 310. The number of isothiocyanates is 2. The minimum atomic E-state index is 0.615. The van der Waals surface area contributed by atoms with Crippen molar-refractivity contribution in [2.75, 3.05) is 0 Å². The first kappa shape index (κ1) is 7.98. The third-order valence-electron chi connectivity index (χ3n) is 0.987. The van der Waals surface area contributed by atoms with Crippen LogP contribution in [0, 0.1) is 0 Å². The lowest BCUT2D eigenvalue weighted by Crippen LogP contribution is -1.60. The Morgan fingerprint density at radius 3 is 1.91 bits per heavy atom. The normalized spacial score (nSPS) is 8.00. The van der Waals surface area contributed by atoms with Crippen LogP contribution in [0.25, 0.3) is 0 Å². The van der Waals surface area contributed by atoms with Crippen molar-refractivity contribution >= 4 is 46.4 Å². The molecular weight excluding hydrogens is 178 g/mol. The number of nitrogens with one attached hydrogen (secondary N) is 1. The average molecular weight is 181 g/mol. The lowest BCUT2D eigenvalue weighted by molar-refractivity contribution is 1.31. The van der Waals surface area contributed by atoms with Gasteiger partial charge in [0.2, 0.25) is 0 Å². The second-order valence-corrected chi connectivity index (χ2v) is 2.00. The number of rotatable bonds is 2. The number of aliphatic imine (C=N–C) groups is 2. The molecule has 1 N–H and O–H groups in total. The van der Waals surface area contributed by atoms with Gasteiger partial charge < -0.3 is 4.98 Å². The highest BCUT2D eigenvalue weighted by molar-refractivity contribution is 7.78. The maximum Gasteiger partial charge on any atom is 0.142 e. The molecule has 0 aliphatic heterocycles. The molecule has 1 rings (SSSR count). The number of aromatic amines is 1. The zero-order valence-corrected chi connectivity index (χ0v) is 7.00. The standard InChI is InChI=1S/C6H3N3S2/c10-3-7-5-1-2-6(9-5)8-4-11/h1-2,9H. The van der Waals surface area contributed by atoms with Gasteiger partial charge in [-0.1, -0.05) is 0 Å². The molecule has 0 aromatic carbocycles. The maximum absolute atomic E-state index is 4.40. The van der Waals surface area contributed by atoms with Gasteiger partial charge in [0.25, 0.3) is 0 Å². The Hall–Kier alpha value is -1.12. The van der Waals surface area contributed by atoms with E-state index in [1.54, 1.807) is 12.1 Å². The predicted octanol–water partition coefficient (Wildman–Crippen LogP) is 2.48. The molecule has 3 nitrogen and oxygen atoms in total. The average Bonchev–Trinajstić information content (AvgIpc) is 2.38. The van der Waals surface area contributed by atoms with E-state index >= 15 is 0 Å². The highest BCUT2D eigenvalue weighted by Crippen LogP contribution is 2.15. The number of H-pyrrole nitrogens is 1. The fourth-order valence-corrected chi connectivity index (χ4v) is 0.798. The first-order valence-corrected chi connectivity index (χ1v) is 3.53. The molecule has 5 heteroatoms. The third kappa shape index (κ3) is 2.18. The van der Waals surface area contributed by atoms with Crippen LogP contribution in [-0.4, -0.2) is 15.3 Å². The summed E-state index contributed by atoms with van der Waals surface area (Å²) in [6.07, 6.45) is 0. The van der Waals surface area contributed by atoms with Gasteiger partial charge in [-0.15, -0.1) is 0 Å². The Morgan fingerprint density at radius 1 is 1.09 bits per heavy atom. The van der Waals surface area contributed by atoms with Crippen molar-refractivity contribution in [2.24, 2.45) is 9.98 Å². The monoisotopic (exact) mass is 181 g/mol. The quantitative estimate of drug-likeness (QED) is 0.562. The first-order valence-electron chi connectivity index (χ1n) is 2.71. The van der Waals surface area contributed by atoms with Crippen molar-refractivity contribution in [1.82, 2.24) is 4.98 Å². The molecule has 54 valence electrons. The molecule has 0 bridgehead atoms. The molecule has 0 unspecified atom stereocenters. The molecule has 0 fully saturated rings. The Kier molecular flexibility index (Phi) is 2.83. The van der Waals surface area contributed by atoms with Crippen LogP contribution in [0.3, 0.4) is 0 Å². The van der Waals surface area contributed by atoms with Gasteiger partial charge in [0, 0.05) is 0 Å². The molecule has 0 spiro atoms. The summed E-state index contributed by atoms with van der Waals surface area (Å²) in [6.45, 7) is 0. The molecule has 0 saturated heterocycles. The van der Waals surface area contributed by atoms with Crippen LogP contribution in [0.2, 0.25) is 0 Å². The van der Waals surface area contributed by atoms with E-state index in [-0.39, 0.29) is 0 Å². The highest BCUT2D eigenvalue weighted by Gasteiger charge is 1.91. The van der Waals surface area contributed by atoms with Crippen molar-refractivity contribution in [2.45, 2.75) is 0 Å². The SMILES string of the molecule is S=C=Nc1ccc(N=C=S)[nH]1. The zero-order valence-electron chi connectivity index (χ0n) is 5.37. The fourth-order valence-electron chi connectivity index (χ4n) is 0.601. The van der Waals surface area contributed by atoms with Crippen molar-refractivity contribution in [3.05, 3.63) is 12.1 Å². The van der Waals surface area contributed by atoms with E-state index in [0.29, 0.717) is 11.6 Å². The minimum absolute atomic E-state index is 0.615. The first-order chi connectivity index (χ1) is 5.36. The van der Waals surface area contributed by atoms with Crippen molar-refractivity contribution < 1.29 is 0 Å². The number of hydrogen-bond acceptors (Lipinski definition) is 4. The van der Waals surface area contributed by atoms with Gasteiger partial charge in [0.15, 0.2) is 0 Å².